The second kappa shape index (κ2) is 11.9. The zero-order chi connectivity index (χ0) is 25.5. The van der Waals surface area contributed by atoms with E-state index in [2.05, 4.69) is 26.6 Å². The summed E-state index contributed by atoms with van der Waals surface area (Å²) < 4.78 is 28.6. The number of fused-ring (bicyclic) bond motifs is 1. The third-order valence-corrected chi connectivity index (χ3v) is 6.11. The molecule has 0 bridgehead atoms. The highest BCUT2D eigenvalue weighted by Gasteiger charge is 2.22. The maximum absolute atomic E-state index is 14.5. The number of rotatable bonds is 5. The number of anilines is 1. The Balaban J connectivity index is 0.000000429. The molecule has 9 heteroatoms. The molecule has 3 N–H and O–H groups in total. The minimum atomic E-state index is -0.544. The van der Waals surface area contributed by atoms with Crippen molar-refractivity contribution < 1.29 is 19.0 Å². The fraction of sp³-hybridized carbons (Fsp3) is 0.385. The molecular formula is C26H31F2N5O2. The molecule has 4 rings (SSSR count). The average Bonchev–Trinajstić information content (AvgIpc) is 2.87. The van der Waals surface area contributed by atoms with E-state index >= 15 is 0 Å². The lowest BCUT2D eigenvalue weighted by Gasteiger charge is -2.32. The van der Waals surface area contributed by atoms with Crippen molar-refractivity contribution in [1.29, 1.82) is 5.41 Å². The van der Waals surface area contributed by atoms with Crippen molar-refractivity contribution in [1.82, 2.24) is 9.97 Å². The van der Waals surface area contributed by atoms with E-state index < -0.39 is 18.2 Å². The molecule has 0 atom stereocenters. The van der Waals surface area contributed by atoms with E-state index in [4.69, 9.17) is 5.41 Å². The maximum Gasteiger partial charge on any atom is 0.140 e. The van der Waals surface area contributed by atoms with Crippen LogP contribution in [0.2, 0.25) is 0 Å². The van der Waals surface area contributed by atoms with Crippen LogP contribution < -0.4 is 4.90 Å². The van der Waals surface area contributed by atoms with Crippen LogP contribution in [0, 0.1) is 28.9 Å². The first-order valence-electron chi connectivity index (χ1n) is 11.5. The fourth-order valence-electron chi connectivity index (χ4n) is 3.94. The summed E-state index contributed by atoms with van der Waals surface area (Å²) in [6.07, 6.45) is 3.13. The van der Waals surface area contributed by atoms with Gasteiger partial charge in [0.15, 0.2) is 0 Å². The van der Waals surface area contributed by atoms with Crippen LogP contribution in [0.3, 0.4) is 0 Å². The first-order chi connectivity index (χ1) is 16.8. The minimum Gasteiger partial charge on any atom is -0.396 e. The van der Waals surface area contributed by atoms with Crippen LogP contribution in [-0.2, 0) is 6.61 Å². The van der Waals surface area contributed by atoms with Crippen LogP contribution >= 0.6 is 0 Å². The summed E-state index contributed by atoms with van der Waals surface area (Å²) in [4.78, 5) is 14.2. The van der Waals surface area contributed by atoms with Gasteiger partial charge < -0.3 is 15.1 Å². The molecule has 1 aliphatic rings. The van der Waals surface area contributed by atoms with Gasteiger partial charge in [0.1, 0.15) is 29.6 Å². The number of hydrogen-bond acceptors (Lipinski definition) is 6. The van der Waals surface area contributed by atoms with Gasteiger partial charge in [-0.2, -0.15) is 0 Å². The largest absolute Gasteiger partial charge is 0.396 e. The number of nitrogens with one attached hydrogen (secondary N) is 1. The van der Waals surface area contributed by atoms with Crippen LogP contribution in [-0.4, -0.2) is 52.4 Å². The molecule has 0 amide bonds. The number of aliphatic hydroxyl groups is 2. The molecule has 1 saturated heterocycles. The van der Waals surface area contributed by atoms with Gasteiger partial charge in [0.2, 0.25) is 0 Å². The molecule has 0 aliphatic carbocycles. The van der Waals surface area contributed by atoms with E-state index in [9.17, 15) is 19.0 Å². The lowest BCUT2D eigenvalue weighted by Crippen LogP contribution is -2.35. The average molecular weight is 484 g/mol. The summed E-state index contributed by atoms with van der Waals surface area (Å²) in [5, 5.41) is 26.0. The Morgan fingerprint density at radius 2 is 1.89 bits per heavy atom. The quantitative estimate of drug-likeness (QED) is 0.363. The van der Waals surface area contributed by atoms with Crippen molar-refractivity contribution in [2.45, 2.75) is 33.3 Å². The van der Waals surface area contributed by atoms with Gasteiger partial charge in [-0.15, -0.1) is 0 Å². The van der Waals surface area contributed by atoms with E-state index in [1.165, 1.54) is 30.6 Å². The van der Waals surface area contributed by atoms with Crippen molar-refractivity contribution in [2.75, 3.05) is 24.6 Å². The van der Waals surface area contributed by atoms with Gasteiger partial charge >= 0.3 is 0 Å². The Bertz CT molecular complexity index is 1190. The van der Waals surface area contributed by atoms with Gasteiger partial charge in [0, 0.05) is 42.1 Å². The highest BCUT2D eigenvalue weighted by molar-refractivity contribution is 5.99. The highest BCUT2D eigenvalue weighted by Crippen LogP contribution is 2.34. The molecule has 0 saturated carbocycles. The first kappa shape index (κ1) is 26.3. The van der Waals surface area contributed by atoms with Crippen LogP contribution in [0.1, 0.15) is 32.3 Å². The number of halogens is 2. The number of nitrogens with zero attached hydrogens (tertiary/aromatic N) is 4. The smallest absolute Gasteiger partial charge is 0.140 e. The monoisotopic (exact) mass is 483 g/mol. The highest BCUT2D eigenvalue weighted by atomic mass is 19.1. The molecule has 3 aromatic rings. The van der Waals surface area contributed by atoms with Crippen LogP contribution in [0.15, 0.2) is 41.7 Å². The predicted molar refractivity (Wildman–Crippen MR) is 135 cm³/mol. The lowest BCUT2D eigenvalue weighted by atomic mass is 9.97. The normalized spacial score (nSPS) is 14.1. The van der Waals surface area contributed by atoms with Crippen molar-refractivity contribution in [3.8, 4) is 11.1 Å². The van der Waals surface area contributed by atoms with Gasteiger partial charge in [0.05, 0.1) is 12.1 Å². The Kier molecular flexibility index (Phi) is 8.95. The number of amidine groups is 1. The molecule has 7 nitrogen and oxygen atoms in total. The van der Waals surface area contributed by atoms with Gasteiger partial charge in [0.25, 0.3) is 0 Å². The number of piperidine rings is 1. The summed E-state index contributed by atoms with van der Waals surface area (Å²) in [5.74, 6) is 0.518. The third-order valence-electron chi connectivity index (χ3n) is 6.11. The van der Waals surface area contributed by atoms with Crippen LogP contribution in [0.5, 0.6) is 0 Å². The second-order valence-electron chi connectivity index (χ2n) is 8.82. The molecule has 1 fully saturated rings. The molecule has 0 unspecified atom stereocenters. The van der Waals surface area contributed by atoms with Crippen molar-refractivity contribution in [3.63, 3.8) is 0 Å². The Morgan fingerprint density at radius 1 is 1.17 bits per heavy atom. The van der Waals surface area contributed by atoms with Crippen molar-refractivity contribution in [2.24, 2.45) is 16.8 Å². The summed E-state index contributed by atoms with van der Waals surface area (Å²) in [5.41, 5.74) is 1.70. The Labute approximate surface area is 203 Å². The van der Waals surface area contributed by atoms with Gasteiger partial charge in [-0.05, 0) is 49.2 Å². The second-order valence-corrected chi connectivity index (χ2v) is 8.82. The molecular weight excluding hydrogens is 452 g/mol. The van der Waals surface area contributed by atoms with Gasteiger partial charge in [-0.25, -0.2) is 23.7 Å². The topological polar surface area (TPSA) is 106 Å². The Morgan fingerprint density at radius 3 is 2.43 bits per heavy atom. The summed E-state index contributed by atoms with van der Waals surface area (Å²) in [6.45, 7) is 8.26. The first-order valence-corrected chi connectivity index (χ1v) is 11.5. The van der Waals surface area contributed by atoms with Crippen molar-refractivity contribution in [3.05, 3.63) is 53.9 Å². The van der Waals surface area contributed by atoms with Crippen LogP contribution in [0.4, 0.5) is 14.6 Å². The zero-order valence-electron chi connectivity index (χ0n) is 20.0. The van der Waals surface area contributed by atoms with Gasteiger partial charge in [-0.1, -0.05) is 26.0 Å². The number of aliphatic hydroxyl groups excluding tert-OH is 2. The zero-order valence-corrected chi connectivity index (χ0v) is 20.0. The number of aliphatic imine (C=N–C) groups is 1. The molecule has 35 heavy (non-hydrogen) atoms. The molecule has 2 aromatic carbocycles. The summed E-state index contributed by atoms with van der Waals surface area (Å²) in [7, 11) is 0. The predicted octanol–water partition coefficient (Wildman–Crippen LogP) is 4.60. The van der Waals surface area contributed by atoms with Crippen LogP contribution in [0.25, 0.3) is 22.0 Å². The van der Waals surface area contributed by atoms with Gasteiger partial charge in [-0.3, -0.25) is 5.41 Å². The molecule has 1 aromatic heterocycles. The number of hydrogen-bond donors (Lipinski definition) is 3. The van der Waals surface area contributed by atoms with E-state index in [1.54, 1.807) is 6.07 Å². The molecule has 1 aliphatic heterocycles. The van der Waals surface area contributed by atoms with E-state index in [-0.39, 0.29) is 24.0 Å². The number of benzene rings is 2. The summed E-state index contributed by atoms with van der Waals surface area (Å²) in [6, 6.07) is 7.17. The molecule has 0 radical (unpaired) electrons. The number of aromatic nitrogens is 2. The minimum absolute atomic E-state index is 0.173. The standard InChI is InChI=1S/C21H21F2N3O2.C5H10N2/c22-16-8-17(14-1-2-15(11-28)19(23)7-14)20-18(9-16)21(25-12-24-20)26-5-3-13(10-27)4-6-26;1-4(2)5(6)7-3/h1-2,7-9,12-13,27-28H,3-6,10-11H2;4,6H,3H2,1-2H3. The van der Waals surface area contributed by atoms with Crippen molar-refractivity contribution >= 4 is 29.3 Å². The summed E-state index contributed by atoms with van der Waals surface area (Å²) >= 11 is 0. The SMILES string of the molecule is C=NC(=N)C(C)C.OCc1ccc(-c2cc(F)cc3c(N4CCC(CO)CC4)ncnc23)cc1F. The van der Waals surface area contributed by atoms with E-state index in [0.717, 1.165) is 25.9 Å². The maximum atomic E-state index is 14.5. The lowest BCUT2D eigenvalue weighted by molar-refractivity contribution is 0.203. The third kappa shape index (κ3) is 6.23. The van der Waals surface area contributed by atoms with E-state index in [1.807, 2.05) is 13.8 Å². The molecule has 2 heterocycles. The van der Waals surface area contributed by atoms with E-state index in [0.29, 0.717) is 33.7 Å². The fourth-order valence-corrected chi connectivity index (χ4v) is 3.94. The molecule has 186 valence electrons. The molecule has 0 spiro atoms. The Hall–Kier alpha value is -3.30.